The van der Waals surface area contributed by atoms with Gasteiger partial charge in [0.1, 0.15) is 6.04 Å². The second-order valence-corrected chi connectivity index (χ2v) is 5.44. The first-order chi connectivity index (χ1) is 9.47. The van der Waals surface area contributed by atoms with E-state index in [1.54, 1.807) is 6.07 Å². The van der Waals surface area contributed by atoms with Gasteiger partial charge in [-0.15, -0.1) is 0 Å². The molecular formula is C16H20N2O2. The van der Waals surface area contributed by atoms with Gasteiger partial charge in [0.15, 0.2) is 0 Å². The zero-order chi connectivity index (χ0) is 14.7. The van der Waals surface area contributed by atoms with E-state index < -0.39 is 6.04 Å². The highest BCUT2D eigenvalue weighted by Crippen LogP contribution is 2.16. The highest BCUT2D eigenvalue weighted by Gasteiger charge is 2.25. The van der Waals surface area contributed by atoms with Crippen LogP contribution in [0.3, 0.4) is 0 Å². The van der Waals surface area contributed by atoms with Crippen LogP contribution >= 0.6 is 0 Å². The number of hydrogen-bond donors (Lipinski definition) is 2. The third kappa shape index (κ3) is 3.26. The lowest BCUT2D eigenvalue weighted by atomic mass is 10.00. The molecule has 1 aliphatic heterocycles. The second kappa shape index (κ2) is 5.90. The molecule has 20 heavy (non-hydrogen) atoms. The van der Waals surface area contributed by atoms with Gasteiger partial charge in [0.25, 0.3) is 5.91 Å². The van der Waals surface area contributed by atoms with Crippen LogP contribution in [0, 0.1) is 0 Å². The van der Waals surface area contributed by atoms with Gasteiger partial charge in [-0.25, -0.2) is 0 Å². The fraction of sp³-hybridized carbons (Fsp3) is 0.375. The van der Waals surface area contributed by atoms with Gasteiger partial charge in [0.2, 0.25) is 5.91 Å². The van der Waals surface area contributed by atoms with E-state index in [1.807, 2.05) is 18.2 Å². The summed E-state index contributed by atoms with van der Waals surface area (Å²) in [5, 5.41) is 5.45. The topological polar surface area (TPSA) is 58.2 Å². The molecule has 1 aromatic carbocycles. The van der Waals surface area contributed by atoms with Gasteiger partial charge >= 0.3 is 0 Å². The lowest BCUT2D eigenvalue weighted by Crippen LogP contribution is -2.49. The number of carbonyl (C=O) groups excluding carboxylic acids is 2. The van der Waals surface area contributed by atoms with Gasteiger partial charge in [0, 0.05) is 11.3 Å². The van der Waals surface area contributed by atoms with Crippen molar-refractivity contribution in [1.29, 1.82) is 0 Å². The second-order valence-electron chi connectivity index (χ2n) is 5.44. The predicted octanol–water partition coefficient (Wildman–Crippen LogP) is 2.33. The van der Waals surface area contributed by atoms with E-state index in [2.05, 4.69) is 31.1 Å². The summed E-state index contributed by atoms with van der Waals surface area (Å²) in [6, 6.07) is 7.03. The smallest absolute Gasteiger partial charge is 0.251 e. The Bertz CT molecular complexity index is 549. The Morgan fingerprint density at radius 2 is 2.20 bits per heavy atom. The van der Waals surface area contributed by atoms with Gasteiger partial charge in [-0.1, -0.05) is 32.6 Å². The van der Waals surface area contributed by atoms with E-state index in [1.165, 1.54) is 0 Å². The minimum Gasteiger partial charge on any atom is -0.340 e. The minimum atomic E-state index is -0.476. The number of allylic oxidation sites excluding steroid dienone is 1. The van der Waals surface area contributed by atoms with Gasteiger partial charge in [-0.2, -0.15) is 0 Å². The number of amides is 2. The molecule has 106 valence electrons. The molecular weight excluding hydrogens is 252 g/mol. The number of hydrogen-bond acceptors (Lipinski definition) is 2. The first-order valence-electron chi connectivity index (χ1n) is 6.87. The molecule has 1 heterocycles. The summed E-state index contributed by atoms with van der Waals surface area (Å²) in [5.41, 5.74) is 2.41. The molecule has 4 heteroatoms. The summed E-state index contributed by atoms with van der Waals surface area (Å²) >= 11 is 0. The molecule has 0 aliphatic carbocycles. The molecule has 1 aromatic rings. The molecule has 4 nitrogen and oxygen atoms in total. The largest absolute Gasteiger partial charge is 0.340 e. The van der Waals surface area contributed by atoms with Crippen LogP contribution in [0.4, 0.5) is 0 Å². The molecule has 0 spiro atoms. The molecule has 1 fully saturated rings. The summed E-state index contributed by atoms with van der Waals surface area (Å²) in [7, 11) is 0. The minimum absolute atomic E-state index is 0.186. The van der Waals surface area contributed by atoms with Crippen LogP contribution in [-0.2, 0) is 4.79 Å². The average Bonchev–Trinajstić information content (AvgIpc) is 2.42. The van der Waals surface area contributed by atoms with Crippen molar-refractivity contribution in [3.05, 3.63) is 47.7 Å². The lowest BCUT2D eigenvalue weighted by molar-refractivity contribution is -0.123. The SMILES string of the molecule is C=C1CCC(NC(=O)c2cccc(C(C)C)c2)C(=O)N1. The quantitative estimate of drug-likeness (QED) is 0.887. The summed E-state index contributed by atoms with van der Waals surface area (Å²) in [6.07, 6.45) is 1.29. The first kappa shape index (κ1) is 14.3. The van der Waals surface area contributed by atoms with E-state index >= 15 is 0 Å². The maximum atomic E-state index is 12.2. The highest BCUT2D eigenvalue weighted by atomic mass is 16.2. The molecule has 0 saturated carbocycles. The lowest BCUT2D eigenvalue weighted by Gasteiger charge is -2.24. The van der Waals surface area contributed by atoms with Crippen LogP contribution in [0.15, 0.2) is 36.5 Å². The molecule has 0 radical (unpaired) electrons. The molecule has 1 saturated heterocycles. The third-order valence-corrected chi connectivity index (χ3v) is 3.47. The van der Waals surface area contributed by atoms with E-state index in [4.69, 9.17) is 0 Å². The summed E-state index contributed by atoms with van der Waals surface area (Å²) < 4.78 is 0. The van der Waals surface area contributed by atoms with Crippen LogP contribution in [0.5, 0.6) is 0 Å². The van der Waals surface area contributed by atoms with Gasteiger partial charge in [-0.3, -0.25) is 9.59 Å². The van der Waals surface area contributed by atoms with E-state index in [-0.39, 0.29) is 11.8 Å². The summed E-state index contributed by atoms with van der Waals surface area (Å²) in [4.78, 5) is 24.0. The molecule has 1 unspecified atom stereocenters. The Labute approximate surface area is 119 Å². The zero-order valence-electron chi connectivity index (χ0n) is 11.9. The maximum Gasteiger partial charge on any atom is 0.251 e. The first-order valence-corrected chi connectivity index (χ1v) is 6.87. The Hall–Kier alpha value is -2.10. The number of rotatable bonds is 3. The third-order valence-electron chi connectivity index (χ3n) is 3.47. The van der Waals surface area contributed by atoms with Gasteiger partial charge in [-0.05, 0) is 36.5 Å². The monoisotopic (exact) mass is 272 g/mol. The summed E-state index contributed by atoms with van der Waals surface area (Å²) in [5.74, 6) is -0.0289. The number of piperidine rings is 1. The standard InChI is InChI=1S/C16H20N2O2/c1-10(2)12-5-4-6-13(9-12)15(19)18-14-8-7-11(3)17-16(14)20/h4-6,9-10,14H,3,7-8H2,1-2H3,(H,17,20)(H,18,19). The molecule has 0 aromatic heterocycles. The van der Waals surface area contributed by atoms with E-state index in [0.717, 1.165) is 5.56 Å². The van der Waals surface area contributed by atoms with Crippen molar-refractivity contribution >= 4 is 11.8 Å². The van der Waals surface area contributed by atoms with Gasteiger partial charge < -0.3 is 10.6 Å². The predicted molar refractivity (Wildman–Crippen MR) is 78.3 cm³/mol. The molecule has 1 aliphatic rings. The number of benzene rings is 1. The van der Waals surface area contributed by atoms with Crippen LogP contribution in [0.2, 0.25) is 0 Å². The molecule has 0 bridgehead atoms. The molecule has 1 atom stereocenters. The Morgan fingerprint density at radius 1 is 1.45 bits per heavy atom. The molecule has 2 amide bonds. The molecule has 2 rings (SSSR count). The zero-order valence-corrected chi connectivity index (χ0v) is 11.9. The highest BCUT2D eigenvalue weighted by molar-refractivity contribution is 5.98. The fourth-order valence-electron chi connectivity index (χ4n) is 2.19. The Morgan fingerprint density at radius 3 is 2.85 bits per heavy atom. The van der Waals surface area contributed by atoms with Crippen LogP contribution in [0.25, 0.3) is 0 Å². The van der Waals surface area contributed by atoms with Crippen LogP contribution in [0.1, 0.15) is 48.5 Å². The summed E-state index contributed by atoms with van der Waals surface area (Å²) in [6.45, 7) is 7.88. The van der Waals surface area contributed by atoms with Crippen molar-refractivity contribution in [1.82, 2.24) is 10.6 Å². The molecule has 2 N–H and O–H groups in total. The van der Waals surface area contributed by atoms with Crippen molar-refractivity contribution in [2.75, 3.05) is 0 Å². The number of nitrogens with one attached hydrogen (secondary N) is 2. The van der Waals surface area contributed by atoms with Crippen molar-refractivity contribution < 1.29 is 9.59 Å². The average molecular weight is 272 g/mol. The van der Waals surface area contributed by atoms with Crippen molar-refractivity contribution in [2.24, 2.45) is 0 Å². The van der Waals surface area contributed by atoms with Gasteiger partial charge in [0.05, 0.1) is 0 Å². The number of carbonyl (C=O) groups is 2. The van der Waals surface area contributed by atoms with E-state index in [9.17, 15) is 9.59 Å². The van der Waals surface area contributed by atoms with E-state index in [0.29, 0.717) is 30.0 Å². The van der Waals surface area contributed by atoms with Crippen molar-refractivity contribution in [3.63, 3.8) is 0 Å². The van der Waals surface area contributed by atoms with Crippen molar-refractivity contribution in [2.45, 2.75) is 38.6 Å². The van der Waals surface area contributed by atoms with Crippen LogP contribution < -0.4 is 10.6 Å². The van der Waals surface area contributed by atoms with Crippen molar-refractivity contribution in [3.8, 4) is 0 Å². The normalized spacial score (nSPS) is 18.9. The van der Waals surface area contributed by atoms with Crippen LogP contribution in [-0.4, -0.2) is 17.9 Å². The Kier molecular flexibility index (Phi) is 4.23. The maximum absolute atomic E-state index is 12.2. The fourth-order valence-corrected chi connectivity index (χ4v) is 2.19. The Balaban J connectivity index is 2.06.